The maximum Gasteiger partial charge on any atom is 0.262 e. The molecule has 0 spiro atoms. The van der Waals surface area contributed by atoms with E-state index in [2.05, 4.69) is 5.32 Å². The van der Waals surface area contributed by atoms with Crippen molar-refractivity contribution >= 4 is 46.4 Å². The van der Waals surface area contributed by atoms with Crippen molar-refractivity contribution in [2.24, 2.45) is 0 Å². The molecule has 0 bridgehead atoms. The Bertz CT molecular complexity index is 662. The van der Waals surface area contributed by atoms with Gasteiger partial charge in [0, 0.05) is 0 Å². The molecule has 0 saturated carbocycles. The summed E-state index contributed by atoms with van der Waals surface area (Å²) in [6.45, 7) is -0.248. The molecule has 0 heterocycles. The van der Waals surface area contributed by atoms with Crippen molar-refractivity contribution in [1.29, 1.82) is 0 Å². The Morgan fingerprint density at radius 2 is 1.67 bits per heavy atom. The lowest BCUT2D eigenvalue weighted by Crippen LogP contribution is -2.20. The number of carbonyl (C=O) groups is 1. The van der Waals surface area contributed by atoms with Gasteiger partial charge in [-0.05, 0) is 36.4 Å². The summed E-state index contributed by atoms with van der Waals surface area (Å²) in [5.74, 6) is -0.430. The van der Waals surface area contributed by atoms with Gasteiger partial charge in [-0.15, -0.1) is 0 Å². The third-order valence-corrected chi connectivity index (χ3v) is 3.50. The number of rotatable bonds is 4. The molecule has 2 aromatic carbocycles. The normalized spacial score (nSPS) is 10.3. The van der Waals surface area contributed by atoms with Crippen molar-refractivity contribution in [3.8, 4) is 5.75 Å². The molecule has 110 valence electrons. The maximum atomic E-state index is 12.7. The largest absolute Gasteiger partial charge is 0.484 e. The monoisotopic (exact) mass is 347 g/mol. The number of hydrogen-bond acceptors (Lipinski definition) is 2. The van der Waals surface area contributed by atoms with E-state index in [0.717, 1.165) is 0 Å². The van der Waals surface area contributed by atoms with Crippen molar-refractivity contribution in [3.63, 3.8) is 0 Å². The second kappa shape index (κ2) is 6.98. The van der Waals surface area contributed by atoms with E-state index in [-0.39, 0.29) is 22.5 Å². The van der Waals surface area contributed by atoms with E-state index in [0.29, 0.717) is 16.5 Å². The molecule has 0 unspecified atom stereocenters. The Morgan fingerprint density at radius 1 is 1.05 bits per heavy atom. The topological polar surface area (TPSA) is 38.3 Å². The van der Waals surface area contributed by atoms with E-state index in [1.165, 1.54) is 36.4 Å². The van der Waals surface area contributed by atoms with Gasteiger partial charge in [-0.3, -0.25) is 4.79 Å². The summed E-state index contributed by atoms with van der Waals surface area (Å²) in [5.41, 5.74) is 0.332. The lowest BCUT2D eigenvalue weighted by molar-refractivity contribution is -0.118. The molecule has 1 amide bonds. The summed E-state index contributed by atoms with van der Waals surface area (Å²) in [7, 11) is 0. The van der Waals surface area contributed by atoms with Gasteiger partial charge in [0.1, 0.15) is 11.6 Å². The quantitative estimate of drug-likeness (QED) is 0.806. The molecule has 0 atom stereocenters. The van der Waals surface area contributed by atoms with Crippen LogP contribution in [0.15, 0.2) is 36.4 Å². The van der Waals surface area contributed by atoms with Crippen molar-refractivity contribution in [1.82, 2.24) is 0 Å². The van der Waals surface area contributed by atoms with Crippen molar-refractivity contribution in [2.75, 3.05) is 11.9 Å². The molecule has 0 aliphatic rings. The van der Waals surface area contributed by atoms with E-state index in [9.17, 15) is 9.18 Å². The molecule has 2 aromatic rings. The fourth-order valence-electron chi connectivity index (χ4n) is 1.48. The van der Waals surface area contributed by atoms with Crippen LogP contribution in [0.25, 0.3) is 0 Å². The molecule has 0 fully saturated rings. The molecule has 1 N–H and O–H groups in total. The van der Waals surface area contributed by atoms with Crippen LogP contribution < -0.4 is 10.1 Å². The number of ether oxygens (including phenoxy) is 1. The Hall–Kier alpha value is -1.49. The predicted octanol–water partition coefficient (Wildman–Crippen LogP) is 4.80. The second-order valence-electron chi connectivity index (χ2n) is 4.04. The van der Waals surface area contributed by atoms with E-state index in [4.69, 9.17) is 39.5 Å². The summed E-state index contributed by atoms with van der Waals surface area (Å²) in [4.78, 5) is 11.8. The zero-order chi connectivity index (χ0) is 15.4. The molecule has 0 aliphatic heterocycles. The molecule has 0 aliphatic carbocycles. The standard InChI is InChI=1S/C14H9Cl3FNO2/c15-10-5-12(17)13(6-11(10)16)19-14(20)7-21-9-3-1-8(18)2-4-9/h1-6H,7H2,(H,19,20). The van der Waals surface area contributed by atoms with Crippen LogP contribution >= 0.6 is 34.8 Å². The number of halogens is 4. The summed E-state index contributed by atoms with van der Waals surface area (Å²) >= 11 is 17.6. The highest BCUT2D eigenvalue weighted by Gasteiger charge is 2.10. The average molecular weight is 349 g/mol. The first-order chi connectivity index (χ1) is 9.95. The Morgan fingerprint density at radius 3 is 2.33 bits per heavy atom. The number of carbonyl (C=O) groups excluding carboxylic acids is 1. The molecule has 2 rings (SSSR count). The highest BCUT2D eigenvalue weighted by Crippen LogP contribution is 2.32. The number of benzene rings is 2. The van der Waals surface area contributed by atoms with Crippen LogP contribution in [0.2, 0.25) is 15.1 Å². The third kappa shape index (κ3) is 4.49. The van der Waals surface area contributed by atoms with Crippen LogP contribution in [0.3, 0.4) is 0 Å². The minimum absolute atomic E-state index is 0.248. The van der Waals surface area contributed by atoms with Gasteiger partial charge in [-0.1, -0.05) is 34.8 Å². The summed E-state index contributed by atoms with van der Waals surface area (Å²) in [6, 6.07) is 8.21. The molecular weight excluding hydrogens is 340 g/mol. The predicted molar refractivity (Wildman–Crippen MR) is 82.0 cm³/mol. The zero-order valence-corrected chi connectivity index (χ0v) is 12.8. The first-order valence-electron chi connectivity index (χ1n) is 5.78. The molecule has 21 heavy (non-hydrogen) atoms. The van der Waals surface area contributed by atoms with Gasteiger partial charge in [0.15, 0.2) is 6.61 Å². The molecule has 7 heteroatoms. The van der Waals surface area contributed by atoms with Gasteiger partial charge < -0.3 is 10.1 Å². The fourth-order valence-corrected chi connectivity index (χ4v) is 2.08. The molecular formula is C14H9Cl3FNO2. The van der Waals surface area contributed by atoms with Crippen LogP contribution in [0, 0.1) is 5.82 Å². The highest BCUT2D eigenvalue weighted by atomic mass is 35.5. The summed E-state index contributed by atoms with van der Waals surface area (Å²) < 4.78 is 17.9. The summed E-state index contributed by atoms with van der Waals surface area (Å²) in [6.07, 6.45) is 0. The minimum Gasteiger partial charge on any atom is -0.484 e. The Labute approximate surface area is 135 Å². The van der Waals surface area contributed by atoms with E-state index < -0.39 is 5.91 Å². The highest BCUT2D eigenvalue weighted by molar-refractivity contribution is 6.44. The Balaban J connectivity index is 1.96. The van der Waals surface area contributed by atoms with Gasteiger partial charge in [0.05, 0.1) is 20.8 Å². The van der Waals surface area contributed by atoms with Crippen LogP contribution in [-0.4, -0.2) is 12.5 Å². The van der Waals surface area contributed by atoms with Crippen LogP contribution in [0.1, 0.15) is 0 Å². The van der Waals surface area contributed by atoms with Crippen molar-refractivity contribution in [2.45, 2.75) is 0 Å². The first kappa shape index (κ1) is 15.9. The Kier molecular flexibility index (Phi) is 5.28. The first-order valence-corrected chi connectivity index (χ1v) is 6.92. The van der Waals surface area contributed by atoms with E-state index in [1.54, 1.807) is 0 Å². The molecule has 0 saturated heterocycles. The van der Waals surface area contributed by atoms with Gasteiger partial charge in [0.2, 0.25) is 0 Å². The smallest absolute Gasteiger partial charge is 0.262 e. The van der Waals surface area contributed by atoms with Crippen LogP contribution in [0.4, 0.5) is 10.1 Å². The van der Waals surface area contributed by atoms with Crippen LogP contribution in [0.5, 0.6) is 5.75 Å². The van der Waals surface area contributed by atoms with Gasteiger partial charge >= 0.3 is 0 Å². The lowest BCUT2D eigenvalue weighted by Gasteiger charge is -2.10. The SMILES string of the molecule is O=C(COc1ccc(F)cc1)Nc1cc(Cl)c(Cl)cc1Cl. The number of anilines is 1. The number of amides is 1. The van der Waals surface area contributed by atoms with Crippen LogP contribution in [-0.2, 0) is 4.79 Å². The van der Waals surface area contributed by atoms with Gasteiger partial charge in [-0.2, -0.15) is 0 Å². The fraction of sp³-hybridized carbons (Fsp3) is 0.0714. The van der Waals surface area contributed by atoms with E-state index >= 15 is 0 Å². The third-order valence-electron chi connectivity index (χ3n) is 2.47. The maximum absolute atomic E-state index is 12.7. The summed E-state index contributed by atoms with van der Waals surface area (Å²) in [5, 5.41) is 3.38. The zero-order valence-electron chi connectivity index (χ0n) is 10.5. The lowest BCUT2D eigenvalue weighted by atomic mass is 10.3. The number of nitrogens with one attached hydrogen (secondary N) is 1. The van der Waals surface area contributed by atoms with Gasteiger partial charge in [-0.25, -0.2) is 4.39 Å². The average Bonchev–Trinajstić information content (AvgIpc) is 2.44. The molecule has 0 aromatic heterocycles. The van der Waals surface area contributed by atoms with Crippen molar-refractivity contribution in [3.05, 3.63) is 57.3 Å². The number of hydrogen-bond donors (Lipinski definition) is 1. The van der Waals surface area contributed by atoms with Gasteiger partial charge in [0.25, 0.3) is 5.91 Å². The molecule has 3 nitrogen and oxygen atoms in total. The second-order valence-corrected chi connectivity index (χ2v) is 5.26. The van der Waals surface area contributed by atoms with E-state index in [1.807, 2.05) is 0 Å². The van der Waals surface area contributed by atoms with Crippen molar-refractivity contribution < 1.29 is 13.9 Å². The molecule has 0 radical (unpaired) electrons. The minimum atomic E-state index is -0.431.